The molecule has 0 saturated carbocycles. The molecule has 0 aromatic carbocycles. The van der Waals surface area contributed by atoms with Crippen LogP contribution in [0.2, 0.25) is 4.34 Å². The number of ether oxygens (including phenoxy) is 1. The first-order valence-corrected chi connectivity index (χ1v) is 7.09. The Hall–Kier alpha value is -0.0900. The highest BCUT2D eigenvalue weighted by atomic mass is 35.5. The highest BCUT2D eigenvalue weighted by Crippen LogP contribution is 2.31. The van der Waals surface area contributed by atoms with Crippen molar-refractivity contribution in [2.75, 3.05) is 13.2 Å². The quantitative estimate of drug-likeness (QED) is 0.872. The monoisotopic (exact) mass is 259 g/mol. The summed E-state index contributed by atoms with van der Waals surface area (Å²) in [5.74, 6) is 0. The maximum atomic E-state index is 5.98. The van der Waals surface area contributed by atoms with Crippen LogP contribution in [-0.2, 0) is 4.74 Å². The van der Waals surface area contributed by atoms with Crippen LogP contribution in [0.1, 0.15) is 37.1 Å². The summed E-state index contributed by atoms with van der Waals surface area (Å²) in [5, 5.41) is 3.51. The number of halogens is 1. The number of hydrogen-bond donors (Lipinski definition) is 1. The van der Waals surface area contributed by atoms with Gasteiger partial charge in [-0.15, -0.1) is 11.3 Å². The molecular formula is C12H18ClNOS. The molecule has 2 rings (SSSR count). The Morgan fingerprint density at radius 2 is 2.50 bits per heavy atom. The van der Waals surface area contributed by atoms with E-state index in [-0.39, 0.29) is 0 Å². The van der Waals surface area contributed by atoms with Crippen molar-refractivity contribution in [1.29, 1.82) is 0 Å². The SMILES string of the molecule is CCNC(CC1CCCO1)c1ccc(Cl)s1. The zero-order chi connectivity index (χ0) is 11.4. The zero-order valence-corrected chi connectivity index (χ0v) is 11.1. The molecule has 2 unspecified atom stereocenters. The van der Waals surface area contributed by atoms with Crippen molar-refractivity contribution in [3.8, 4) is 0 Å². The Labute approximate surface area is 106 Å². The van der Waals surface area contributed by atoms with E-state index < -0.39 is 0 Å². The van der Waals surface area contributed by atoms with Crippen molar-refractivity contribution >= 4 is 22.9 Å². The second-order valence-corrected chi connectivity index (χ2v) is 5.87. The second kappa shape index (κ2) is 6.01. The van der Waals surface area contributed by atoms with Gasteiger partial charge in [-0.25, -0.2) is 0 Å². The van der Waals surface area contributed by atoms with E-state index in [0.717, 1.165) is 23.9 Å². The number of rotatable bonds is 5. The van der Waals surface area contributed by atoms with Crippen LogP contribution < -0.4 is 5.32 Å². The number of hydrogen-bond acceptors (Lipinski definition) is 3. The van der Waals surface area contributed by atoms with Crippen molar-refractivity contribution < 1.29 is 4.74 Å². The first-order chi connectivity index (χ1) is 7.79. The van der Waals surface area contributed by atoms with Crippen LogP contribution in [0.4, 0.5) is 0 Å². The molecule has 1 aliphatic heterocycles. The molecule has 4 heteroatoms. The van der Waals surface area contributed by atoms with Crippen LogP contribution in [-0.4, -0.2) is 19.3 Å². The predicted molar refractivity (Wildman–Crippen MR) is 69.3 cm³/mol. The normalized spacial score (nSPS) is 22.5. The fraction of sp³-hybridized carbons (Fsp3) is 0.667. The molecule has 1 aromatic heterocycles. The van der Waals surface area contributed by atoms with Gasteiger partial charge in [-0.05, 0) is 37.9 Å². The molecule has 0 amide bonds. The predicted octanol–water partition coefficient (Wildman–Crippen LogP) is 3.62. The summed E-state index contributed by atoms with van der Waals surface area (Å²) in [6.07, 6.45) is 3.88. The zero-order valence-electron chi connectivity index (χ0n) is 9.54. The van der Waals surface area contributed by atoms with E-state index in [0.29, 0.717) is 12.1 Å². The average molecular weight is 260 g/mol. The standard InChI is InChI=1S/C12H18ClNOS/c1-2-14-10(8-9-4-3-7-15-9)11-5-6-12(13)16-11/h5-6,9-10,14H,2-4,7-8H2,1H3. The molecule has 16 heavy (non-hydrogen) atoms. The maximum absolute atomic E-state index is 5.98. The third kappa shape index (κ3) is 3.20. The Kier molecular flexibility index (Phi) is 4.65. The van der Waals surface area contributed by atoms with Crippen molar-refractivity contribution in [2.24, 2.45) is 0 Å². The highest BCUT2D eigenvalue weighted by molar-refractivity contribution is 7.16. The van der Waals surface area contributed by atoms with E-state index in [4.69, 9.17) is 16.3 Å². The minimum absolute atomic E-state index is 0.394. The summed E-state index contributed by atoms with van der Waals surface area (Å²) in [6.45, 7) is 4.04. The summed E-state index contributed by atoms with van der Waals surface area (Å²) in [6, 6.07) is 4.49. The van der Waals surface area contributed by atoms with Crippen molar-refractivity contribution in [3.05, 3.63) is 21.3 Å². The van der Waals surface area contributed by atoms with E-state index >= 15 is 0 Å². The fourth-order valence-corrected chi connectivity index (χ4v) is 3.30. The third-order valence-corrected chi connectivity index (χ3v) is 4.26. The molecule has 0 bridgehead atoms. The van der Waals surface area contributed by atoms with Gasteiger partial charge in [-0.2, -0.15) is 0 Å². The maximum Gasteiger partial charge on any atom is 0.0931 e. The summed E-state index contributed by atoms with van der Waals surface area (Å²) < 4.78 is 6.56. The van der Waals surface area contributed by atoms with Crippen LogP contribution in [0.15, 0.2) is 12.1 Å². The van der Waals surface area contributed by atoms with Gasteiger partial charge in [0.25, 0.3) is 0 Å². The second-order valence-electron chi connectivity index (χ2n) is 4.12. The van der Waals surface area contributed by atoms with Crippen molar-refractivity contribution in [2.45, 2.75) is 38.3 Å². The van der Waals surface area contributed by atoms with Crippen LogP contribution in [0.5, 0.6) is 0 Å². The lowest BCUT2D eigenvalue weighted by molar-refractivity contribution is 0.0951. The molecule has 0 radical (unpaired) electrons. The van der Waals surface area contributed by atoms with Gasteiger partial charge >= 0.3 is 0 Å². The van der Waals surface area contributed by atoms with Crippen LogP contribution in [0.3, 0.4) is 0 Å². The molecule has 2 atom stereocenters. The minimum atomic E-state index is 0.394. The summed E-state index contributed by atoms with van der Waals surface area (Å²) in [7, 11) is 0. The molecule has 1 aliphatic rings. The van der Waals surface area contributed by atoms with Crippen LogP contribution >= 0.6 is 22.9 Å². The first kappa shape index (κ1) is 12.4. The van der Waals surface area contributed by atoms with Gasteiger partial charge < -0.3 is 10.1 Å². The van der Waals surface area contributed by atoms with Gasteiger partial charge in [0.1, 0.15) is 0 Å². The number of nitrogens with one attached hydrogen (secondary N) is 1. The lowest BCUT2D eigenvalue weighted by Crippen LogP contribution is -2.24. The van der Waals surface area contributed by atoms with Gasteiger partial charge in [-0.1, -0.05) is 18.5 Å². The topological polar surface area (TPSA) is 21.3 Å². The number of thiophene rings is 1. The lowest BCUT2D eigenvalue weighted by Gasteiger charge is -2.19. The lowest BCUT2D eigenvalue weighted by atomic mass is 10.1. The molecule has 1 saturated heterocycles. The average Bonchev–Trinajstić information content (AvgIpc) is 2.88. The van der Waals surface area contributed by atoms with E-state index in [2.05, 4.69) is 18.3 Å². The van der Waals surface area contributed by atoms with Crippen molar-refractivity contribution in [1.82, 2.24) is 5.32 Å². The Bertz CT molecular complexity index is 323. The fourth-order valence-electron chi connectivity index (χ4n) is 2.16. The molecule has 2 heterocycles. The largest absolute Gasteiger partial charge is 0.378 e. The first-order valence-electron chi connectivity index (χ1n) is 5.90. The molecule has 90 valence electrons. The molecular weight excluding hydrogens is 242 g/mol. The summed E-state index contributed by atoms with van der Waals surface area (Å²) in [5.41, 5.74) is 0. The third-order valence-electron chi connectivity index (χ3n) is 2.91. The summed E-state index contributed by atoms with van der Waals surface area (Å²) >= 11 is 7.65. The molecule has 0 aliphatic carbocycles. The van der Waals surface area contributed by atoms with E-state index in [1.54, 1.807) is 11.3 Å². The Balaban J connectivity index is 1.98. The Morgan fingerprint density at radius 3 is 3.06 bits per heavy atom. The molecule has 1 aromatic rings. The molecule has 1 fully saturated rings. The van der Waals surface area contributed by atoms with Gasteiger partial charge in [0.15, 0.2) is 0 Å². The van der Waals surface area contributed by atoms with Gasteiger partial charge in [0, 0.05) is 17.5 Å². The van der Waals surface area contributed by atoms with Crippen LogP contribution in [0.25, 0.3) is 0 Å². The van der Waals surface area contributed by atoms with Gasteiger partial charge in [0.2, 0.25) is 0 Å². The Morgan fingerprint density at radius 1 is 1.62 bits per heavy atom. The van der Waals surface area contributed by atoms with Crippen LogP contribution in [0, 0.1) is 0 Å². The molecule has 2 nitrogen and oxygen atoms in total. The van der Waals surface area contributed by atoms with E-state index in [1.165, 1.54) is 17.7 Å². The van der Waals surface area contributed by atoms with Crippen molar-refractivity contribution in [3.63, 3.8) is 0 Å². The minimum Gasteiger partial charge on any atom is -0.378 e. The van der Waals surface area contributed by atoms with E-state index in [9.17, 15) is 0 Å². The summed E-state index contributed by atoms with van der Waals surface area (Å²) in [4.78, 5) is 1.32. The smallest absolute Gasteiger partial charge is 0.0931 e. The molecule has 0 spiro atoms. The van der Waals surface area contributed by atoms with E-state index in [1.807, 2.05) is 6.07 Å². The molecule has 1 N–H and O–H groups in total. The highest BCUT2D eigenvalue weighted by Gasteiger charge is 2.22. The van der Waals surface area contributed by atoms with Gasteiger partial charge in [0.05, 0.1) is 10.4 Å². The van der Waals surface area contributed by atoms with Gasteiger partial charge in [-0.3, -0.25) is 0 Å².